The molecule has 1 aliphatic rings. The van der Waals surface area contributed by atoms with Crippen LogP contribution in [0.2, 0.25) is 0 Å². The van der Waals surface area contributed by atoms with E-state index in [0.29, 0.717) is 0 Å². The van der Waals surface area contributed by atoms with E-state index >= 15 is 0 Å². The number of fused-ring (bicyclic) bond motifs is 1. The molecule has 1 saturated carbocycles. The Morgan fingerprint density at radius 1 is 1.22 bits per heavy atom. The summed E-state index contributed by atoms with van der Waals surface area (Å²) < 4.78 is 0. The molecule has 0 aromatic heterocycles. The van der Waals surface area contributed by atoms with E-state index in [4.69, 9.17) is 0 Å². The normalized spacial score (nSPS) is 15.6. The summed E-state index contributed by atoms with van der Waals surface area (Å²) in [5, 5.41) is 14.2. The van der Waals surface area contributed by atoms with E-state index in [-0.39, 0.29) is 18.5 Å². The topological polar surface area (TPSA) is 69.6 Å². The first kappa shape index (κ1) is 15.5. The fourth-order valence-corrected chi connectivity index (χ4v) is 2.82. The van der Waals surface area contributed by atoms with Crippen molar-refractivity contribution in [2.24, 2.45) is 0 Å². The highest BCUT2D eigenvalue weighted by atomic mass is 16.4. The molecule has 1 atom stereocenters. The molecular formula is C18H20N2O3. The molecular weight excluding hydrogens is 292 g/mol. The average Bonchev–Trinajstić information content (AvgIpc) is 3.37. The zero-order valence-corrected chi connectivity index (χ0v) is 13.0. The van der Waals surface area contributed by atoms with Gasteiger partial charge < -0.3 is 10.4 Å². The molecule has 0 radical (unpaired) electrons. The monoisotopic (exact) mass is 312 g/mol. The minimum Gasteiger partial charge on any atom is -0.480 e. The van der Waals surface area contributed by atoms with Crippen molar-refractivity contribution in [3.8, 4) is 0 Å². The fraction of sp³-hybridized carbons (Fsp3) is 0.333. The van der Waals surface area contributed by atoms with Crippen molar-refractivity contribution in [3.63, 3.8) is 0 Å². The number of nitrogens with one attached hydrogen (secondary N) is 1. The molecule has 1 fully saturated rings. The van der Waals surface area contributed by atoms with Crippen LogP contribution in [-0.4, -0.2) is 40.5 Å². The summed E-state index contributed by atoms with van der Waals surface area (Å²) in [6.07, 6.45) is 1.92. The summed E-state index contributed by atoms with van der Waals surface area (Å²) in [5.74, 6) is -1.07. The van der Waals surface area contributed by atoms with Crippen LogP contribution in [-0.2, 0) is 9.59 Å². The third-order valence-electron chi connectivity index (χ3n) is 4.26. The molecule has 5 heteroatoms. The van der Waals surface area contributed by atoms with Gasteiger partial charge in [0.2, 0.25) is 5.91 Å². The molecule has 23 heavy (non-hydrogen) atoms. The van der Waals surface area contributed by atoms with E-state index in [0.717, 1.165) is 29.3 Å². The molecule has 120 valence electrons. The van der Waals surface area contributed by atoms with Gasteiger partial charge in [-0.25, -0.2) is 0 Å². The molecule has 2 aromatic carbocycles. The highest BCUT2D eigenvalue weighted by Crippen LogP contribution is 2.29. The van der Waals surface area contributed by atoms with Crippen molar-refractivity contribution in [2.45, 2.75) is 31.8 Å². The predicted molar refractivity (Wildman–Crippen MR) is 89.4 cm³/mol. The van der Waals surface area contributed by atoms with Crippen LogP contribution in [0.25, 0.3) is 10.8 Å². The van der Waals surface area contributed by atoms with Gasteiger partial charge in [0.15, 0.2) is 0 Å². The summed E-state index contributed by atoms with van der Waals surface area (Å²) >= 11 is 0. The largest absolute Gasteiger partial charge is 0.480 e. The SMILES string of the molecule is CC(C(=O)O)N(CC(=O)Nc1cccc2ccccc12)C1CC1. The summed E-state index contributed by atoms with van der Waals surface area (Å²) in [6.45, 7) is 1.73. The van der Waals surface area contributed by atoms with Gasteiger partial charge in [-0.1, -0.05) is 36.4 Å². The molecule has 0 aliphatic heterocycles. The minimum atomic E-state index is -0.894. The number of benzene rings is 2. The Kier molecular flexibility index (Phi) is 4.30. The van der Waals surface area contributed by atoms with Crippen LogP contribution in [0.5, 0.6) is 0 Å². The number of anilines is 1. The molecule has 0 spiro atoms. The van der Waals surface area contributed by atoms with E-state index in [1.54, 1.807) is 11.8 Å². The maximum Gasteiger partial charge on any atom is 0.320 e. The Labute approximate surface area is 134 Å². The van der Waals surface area contributed by atoms with Gasteiger partial charge in [0, 0.05) is 17.1 Å². The summed E-state index contributed by atoms with van der Waals surface area (Å²) in [5.41, 5.74) is 0.756. The number of aliphatic carboxylic acids is 1. The Bertz CT molecular complexity index is 735. The zero-order valence-electron chi connectivity index (χ0n) is 13.0. The number of hydrogen-bond donors (Lipinski definition) is 2. The summed E-state index contributed by atoms with van der Waals surface area (Å²) in [6, 6.07) is 13.2. The van der Waals surface area contributed by atoms with Gasteiger partial charge in [0.05, 0.1) is 6.54 Å². The van der Waals surface area contributed by atoms with Gasteiger partial charge >= 0.3 is 5.97 Å². The molecule has 5 nitrogen and oxygen atoms in total. The summed E-state index contributed by atoms with van der Waals surface area (Å²) in [4.78, 5) is 25.4. The lowest BCUT2D eigenvalue weighted by molar-refractivity contribution is -0.143. The Balaban J connectivity index is 1.74. The van der Waals surface area contributed by atoms with Crippen LogP contribution < -0.4 is 5.32 Å². The van der Waals surface area contributed by atoms with Crippen LogP contribution in [0.1, 0.15) is 19.8 Å². The molecule has 0 heterocycles. The number of carbonyl (C=O) groups excluding carboxylic acids is 1. The Morgan fingerprint density at radius 2 is 1.91 bits per heavy atom. The van der Waals surface area contributed by atoms with Crippen LogP contribution in [0, 0.1) is 0 Å². The molecule has 3 rings (SSSR count). The van der Waals surface area contributed by atoms with Gasteiger partial charge in [-0.3, -0.25) is 14.5 Å². The third kappa shape index (κ3) is 3.51. The molecule has 2 N–H and O–H groups in total. The first-order valence-corrected chi connectivity index (χ1v) is 7.82. The van der Waals surface area contributed by atoms with Crippen LogP contribution in [0.15, 0.2) is 42.5 Å². The van der Waals surface area contributed by atoms with E-state index < -0.39 is 12.0 Å². The quantitative estimate of drug-likeness (QED) is 0.860. The van der Waals surface area contributed by atoms with Crippen molar-refractivity contribution in [2.75, 3.05) is 11.9 Å². The van der Waals surface area contributed by atoms with Gasteiger partial charge in [0.25, 0.3) is 0 Å². The van der Waals surface area contributed by atoms with E-state index in [9.17, 15) is 14.7 Å². The number of hydrogen-bond acceptors (Lipinski definition) is 3. The van der Waals surface area contributed by atoms with Crippen molar-refractivity contribution < 1.29 is 14.7 Å². The Morgan fingerprint density at radius 3 is 2.61 bits per heavy atom. The molecule has 0 bridgehead atoms. The second kappa shape index (κ2) is 6.38. The smallest absolute Gasteiger partial charge is 0.320 e. The highest BCUT2D eigenvalue weighted by molar-refractivity contribution is 6.02. The maximum atomic E-state index is 12.4. The summed E-state index contributed by atoms with van der Waals surface area (Å²) in [7, 11) is 0. The van der Waals surface area contributed by atoms with Gasteiger partial charge in [-0.15, -0.1) is 0 Å². The first-order chi connectivity index (χ1) is 11.1. The highest BCUT2D eigenvalue weighted by Gasteiger charge is 2.36. The molecule has 1 unspecified atom stereocenters. The lowest BCUT2D eigenvalue weighted by atomic mass is 10.1. The van der Waals surface area contributed by atoms with Gasteiger partial charge in [-0.2, -0.15) is 0 Å². The number of carbonyl (C=O) groups is 2. The first-order valence-electron chi connectivity index (χ1n) is 7.82. The van der Waals surface area contributed by atoms with E-state index in [1.165, 1.54) is 0 Å². The van der Waals surface area contributed by atoms with Crippen LogP contribution >= 0.6 is 0 Å². The van der Waals surface area contributed by atoms with Crippen LogP contribution in [0.4, 0.5) is 5.69 Å². The number of nitrogens with zero attached hydrogens (tertiary/aromatic N) is 1. The van der Waals surface area contributed by atoms with Crippen molar-refractivity contribution in [3.05, 3.63) is 42.5 Å². The second-order valence-corrected chi connectivity index (χ2v) is 5.99. The molecule has 1 amide bonds. The molecule has 0 saturated heterocycles. The van der Waals surface area contributed by atoms with Crippen molar-refractivity contribution in [1.82, 2.24) is 4.90 Å². The maximum absolute atomic E-state index is 12.4. The fourth-order valence-electron chi connectivity index (χ4n) is 2.82. The number of carboxylic acid groups (broad SMARTS) is 1. The zero-order chi connectivity index (χ0) is 16.4. The van der Waals surface area contributed by atoms with Gasteiger partial charge in [-0.05, 0) is 31.2 Å². The lowest BCUT2D eigenvalue weighted by Gasteiger charge is -2.25. The number of rotatable bonds is 6. The van der Waals surface area contributed by atoms with Crippen molar-refractivity contribution >= 4 is 28.3 Å². The minimum absolute atomic E-state index is 0.0986. The molecule has 2 aromatic rings. The second-order valence-electron chi connectivity index (χ2n) is 5.99. The van der Waals surface area contributed by atoms with Crippen LogP contribution in [0.3, 0.4) is 0 Å². The van der Waals surface area contributed by atoms with Crippen molar-refractivity contribution in [1.29, 1.82) is 0 Å². The average molecular weight is 312 g/mol. The predicted octanol–water partition coefficient (Wildman–Crippen LogP) is 2.72. The lowest BCUT2D eigenvalue weighted by Crippen LogP contribution is -2.44. The number of amides is 1. The Hall–Kier alpha value is -2.40. The van der Waals surface area contributed by atoms with Gasteiger partial charge in [0.1, 0.15) is 6.04 Å². The number of carboxylic acids is 1. The standard InChI is InChI=1S/C18H20N2O3/c1-12(18(22)23)20(14-9-10-14)11-17(21)19-16-8-4-6-13-5-2-3-7-15(13)16/h2-8,12,14H,9-11H2,1H3,(H,19,21)(H,22,23). The molecule has 1 aliphatic carbocycles. The third-order valence-corrected chi connectivity index (χ3v) is 4.26. The van der Waals surface area contributed by atoms with E-state index in [2.05, 4.69) is 5.32 Å². The van der Waals surface area contributed by atoms with E-state index in [1.807, 2.05) is 42.5 Å².